The summed E-state index contributed by atoms with van der Waals surface area (Å²) in [6, 6.07) is 5.70. The number of nitrogens with zero attached hydrogens (tertiary/aromatic N) is 2. The molecule has 1 aromatic carbocycles. The molecule has 1 aliphatic rings. The van der Waals surface area contributed by atoms with E-state index in [1.54, 1.807) is 6.20 Å². The summed E-state index contributed by atoms with van der Waals surface area (Å²) in [4.78, 5) is 19.8. The maximum atomic E-state index is 12.2. The summed E-state index contributed by atoms with van der Waals surface area (Å²) in [5.41, 5.74) is 6.10. The monoisotopic (exact) mass is 439 g/mol. The summed E-state index contributed by atoms with van der Waals surface area (Å²) >= 11 is 13.4. The first-order valence-corrected chi connectivity index (χ1v) is 10.5. The highest BCUT2D eigenvalue weighted by molar-refractivity contribution is 6.40. The maximum Gasteiger partial charge on any atom is 0.228 e. The number of pyridine rings is 1. The van der Waals surface area contributed by atoms with Gasteiger partial charge < -0.3 is 10.3 Å². The van der Waals surface area contributed by atoms with Crippen molar-refractivity contribution >= 4 is 45.8 Å². The highest BCUT2D eigenvalue weighted by Gasteiger charge is 2.30. The molecule has 152 valence electrons. The minimum atomic E-state index is 0.0115. The van der Waals surface area contributed by atoms with Crippen molar-refractivity contribution in [1.82, 2.24) is 20.2 Å². The highest BCUT2D eigenvalue weighted by Crippen LogP contribution is 2.43. The molecule has 3 N–H and O–H groups in total. The van der Waals surface area contributed by atoms with Crippen LogP contribution < -0.4 is 5.32 Å². The van der Waals surface area contributed by atoms with Gasteiger partial charge in [-0.3, -0.25) is 9.89 Å². The van der Waals surface area contributed by atoms with Gasteiger partial charge in [-0.05, 0) is 50.5 Å². The van der Waals surface area contributed by atoms with Crippen LogP contribution in [0.4, 0.5) is 5.82 Å². The number of aromatic amines is 2. The second-order valence-corrected chi connectivity index (χ2v) is 8.49. The summed E-state index contributed by atoms with van der Waals surface area (Å²) < 4.78 is 0. The van der Waals surface area contributed by atoms with Gasteiger partial charge in [-0.25, -0.2) is 4.98 Å². The van der Waals surface area contributed by atoms with Crippen LogP contribution in [-0.2, 0) is 4.79 Å². The highest BCUT2D eigenvalue weighted by atomic mass is 35.5. The fourth-order valence-electron chi connectivity index (χ4n) is 3.87. The van der Waals surface area contributed by atoms with Crippen molar-refractivity contribution in [3.63, 3.8) is 0 Å². The third-order valence-electron chi connectivity index (χ3n) is 5.52. The maximum absolute atomic E-state index is 12.2. The summed E-state index contributed by atoms with van der Waals surface area (Å²) in [6.45, 7) is 3.91. The summed E-state index contributed by atoms with van der Waals surface area (Å²) in [5.74, 6) is 0.629. The van der Waals surface area contributed by atoms with Crippen LogP contribution in [0.15, 0.2) is 30.6 Å². The Labute approximate surface area is 183 Å². The first-order valence-electron chi connectivity index (χ1n) is 9.72. The van der Waals surface area contributed by atoms with Crippen LogP contribution in [-0.4, -0.2) is 26.1 Å². The van der Waals surface area contributed by atoms with Crippen molar-refractivity contribution in [2.24, 2.45) is 5.92 Å². The second kappa shape index (κ2) is 7.15. The molecule has 5 rings (SSSR count). The molecule has 4 aromatic rings. The van der Waals surface area contributed by atoms with Crippen LogP contribution in [0.3, 0.4) is 0 Å². The van der Waals surface area contributed by atoms with Crippen LogP contribution in [0.5, 0.6) is 0 Å². The van der Waals surface area contributed by atoms with E-state index < -0.39 is 0 Å². The molecule has 0 atom stereocenters. The number of benzene rings is 1. The van der Waals surface area contributed by atoms with Crippen molar-refractivity contribution in [1.29, 1.82) is 0 Å². The lowest BCUT2D eigenvalue weighted by Crippen LogP contribution is -2.14. The molecule has 0 spiro atoms. The molecule has 0 saturated heterocycles. The molecule has 1 saturated carbocycles. The molecule has 3 heterocycles. The molecule has 0 radical (unpaired) electrons. The van der Waals surface area contributed by atoms with Gasteiger partial charge >= 0.3 is 0 Å². The van der Waals surface area contributed by atoms with Gasteiger partial charge in [0.1, 0.15) is 0 Å². The molecule has 30 heavy (non-hydrogen) atoms. The number of hydrogen-bond donors (Lipinski definition) is 3. The zero-order valence-electron chi connectivity index (χ0n) is 16.4. The number of halogens is 2. The first-order chi connectivity index (χ1) is 14.4. The number of anilines is 1. The lowest BCUT2D eigenvalue weighted by atomic mass is 9.99. The molecule has 3 aromatic heterocycles. The number of H-pyrrole nitrogens is 2. The topological polar surface area (TPSA) is 86.5 Å². The smallest absolute Gasteiger partial charge is 0.228 e. The largest absolute Gasteiger partial charge is 0.358 e. The number of hydrogen-bond acceptors (Lipinski definition) is 3. The number of aromatic nitrogens is 4. The van der Waals surface area contributed by atoms with Crippen molar-refractivity contribution in [2.75, 3.05) is 5.32 Å². The van der Waals surface area contributed by atoms with E-state index in [1.165, 1.54) is 0 Å². The molecule has 0 bridgehead atoms. The Balaban J connectivity index is 1.60. The molecule has 1 fully saturated rings. The molecular weight excluding hydrogens is 421 g/mol. The zero-order chi connectivity index (χ0) is 21.0. The van der Waals surface area contributed by atoms with E-state index in [-0.39, 0.29) is 11.8 Å². The van der Waals surface area contributed by atoms with Gasteiger partial charge in [-0.15, -0.1) is 0 Å². The van der Waals surface area contributed by atoms with Gasteiger partial charge in [-0.1, -0.05) is 23.2 Å². The average molecular weight is 440 g/mol. The van der Waals surface area contributed by atoms with E-state index in [2.05, 4.69) is 25.5 Å². The van der Waals surface area contributed by atoms with Gasteiger partial charge in [0, 0.05) is 46.1 Å². The average Bonchev–Trinajstić information content (AvgIpc) is 3.39. The Kier molecular flexibility index (Phi) is 4.56. The number of aryl methyl sites for hydroxylation is 2. The quantitative estimate of drug-likeness (QED) is 0.370. The summed E-state index contributed by atoms with van der Waals surface area (Å²) in [7, 11) is 0. The number of carbonyl (C=O) groups is 1. The lowest BCUT2D eigenvalue weighted by Gasteiger charge is -2.11. The minimum absolute atomic E-state index is 0.0115. The molecule has 6 nitrogen and oxygen atoms in total. The Hall–Kier alpha value is -2.83. The lowest BCUT2D eigenvalue weighted by molar-refractivity contribution is -0.117. The second-order valence-electron chi connectivity index (χ2n) is 7.67. The Morgan fingerprint density at radius 1 is 1.17 bits per heavy atom. The minimum Gasteiger partial charge on any atom is -0.358 e. The molecular formula is C22H19Cl2N5O. The van der Waals surface area contributed by atoms with Crippen molar-refractivity contribution in [2.45, 2.75) is 26.7 Å². The fourth-order valence-corrected chi connectivity index (χ4v) is 4.56. The van der Waals surface area contributed by atoms with Crippen LogP contribution in [0.25, 0.3) is 33.2 Å². The van der Waals surface area contributed by atoms with Crippen molar-refractivity contribution in [3.8, 4) is 22.3 Å². The Morgan fingerprint density at radius 2 is 1.90 bits per heavy atom. The Bertz CT molecular complexity index is 1260. The van der Waals surface area contributed by atoms with E-state index in [1.807, 2.05) is 38.2 Å². The number of amides is 1. The van der Waals surface area contributed by atoms with Crippen LogP contribution in [0.1, 0.15) is 24.2 Å². The van der Waals surface area contributed by atoms with Gasteiger partial charge in [0.2, 0.25) is 5.91 Å². The van der Waals surface area contributed by atoms with E-state index in [0.29, 0.717) is 15.9 Å². The number of fused-ring (bicyclic) bond motifs is 1. The van der Waals surface area contributed by atoms with Crippen LogP contribution in [0.2, 0.25) is 10.0 Å². The predicted octanol–water partition coefficient (Wildman–Crippen LogP) is 5.89. The Morgan fingerprint density at radius 3 is 2.53 bits per heavy atom. The molecule has 0 unspecified atom stereocenters. The normalized spacial score (nSPS) is 13.7. The molecule has 8 heteroatoms. The number of nitrogens with one attached hydrogen (secondary N) is 3. The van der Waals surface area contributed by atoms with E-state index in [4.69, 9.17) is 23.2 Å². The summed E-state index contributed by atoms with van der Waals surface area (Å²) in [6.07, 6.45) is 5.40. The van der Waals surface area contributed by atoms with Crippen molar-refractivity contribution in [3.05, 3.63) is 52.0 Å². The standard InChI is InChI=1S/C22H19Cl2N5O/c1-10-18(11(2)29-28-10)13-7-16(23)19(17(24)8-13)15-9-26-20-14(15)5-6-25-21(20)27-22(30)12-3-4-12/h5-9,12,26H,3-4H2,1-2H3,(H,28,29)(H,25,27,30). The predicted molar refractivity (Wildman–Crippen MR) is 120 cm³/mol. The number of carbonyl (C=O) groups excluding carboxylic acids is 1. The van der Waals surface area contributed by atoms with E-state index in [9.17, 15) is 4.79 Å². The van der Waals surface area contributed by atoms with Gasteiger partial charge in [0.25, 0.3) is 0 Å². The molecule has 0 aliphatic heterocycles. The van der Waals surface area contributed by atoms with Gasteiger partial charge in [-0.2, -0.15) is 5.10 Å². The van der Waals surface area contributed by atoms with Crippen LogP contribution >= 0.6 is 23.2 Å². The van der Waals surface area contributed by atoms with E-state index in [0.717, 1.165) is 57.4 Å². The molecule has 1 amide bonds. The summed E-state index contributed by atoms with van der Waals surface area (Å²) in [5, 5.41) is 12.1. The third kappa shape index (κ3) is 3.16. The van der Waals surface area contributed by atoms with E-state index >= 15 is 0 Å². The fraction of sp³-hybridized carbons (Fsp3) is 0.227. The molecule has 1 aliphatic carbocycles. The SMILES string of the molecule is Cc1n[nH]c(C)c1-c1cc(Cl)c(-c2c[nH]c3c(NC(=O)C4CC4)nccc23)c(Cl)c1. The first kappa shape index (κ1) is 19.2. The zero-order valence-corrected chi connectivity index (χ0v) is 17.9. The van der Waals surface area contributed by atoms with Crippen molar-refractivity contribution < 1.29 is 4.79 Å². The van der Waals surface area contributed by atoms with Crippen LogP contribution in [0, 0.1) is 19.8 Å². The van der Waals surface area contributed by atoms with Gasteiger partial charge in [0.15, 0.2) is 5.82 Å². The van der Waals surface area contributed by atoms with Gasteiger partial charge in [0.05, 0.1) is 21.3 Å². The number of rotatable bonds is 4. The third-order valence-corrected chi connectivity index (χ3v) is 6.12.